The summed E-state index contributed by atoms with van der Waals surface area (Å²) < 4.78 is 31.7. The van der Waals surface area contributed by atoms with Gasteiger partial charge < -0.3 is 10.1 Å². The molecule has 158 valence electrons. The van der Waals surface area contributed by atoms with Crippen LogP contribution in [0.15, 0.2) is 36.4 Å². The highest BCUT2D eigenvalue weighted by Crippen LogP contribution is 2.31. The van der Waals surface area contributed by atoms with Crippen molar-refractivity contribution in [3.05, 3.63) is 63.7 Å². The number of nitrogens with one attached hydrogen (secondary N) is 2. The van der Waals surface area contributed by atoms with Gasteiger partial charge in [-0.15, -0.1) is 0 Å². The molecule has 2 N–H and O–H groups in total. The number of hydrogen-bond acceptors (Lipinski definition) is 4. The van der Waals surface area contributed by atoms with Crippen molar-refractivity contribution in [3.8, 4) is 5.75 Å². The van der Waals surface area contributed by atoms with Crippen LogP contribution in [0.4, 0.5) is 0 Å². The second-order valence-electron chi connectivity index (χ2n) is 7.09. The van der Waals surface area contributed by atoms with Crippen LogP contribution >= 0.6 is 11.6 Å². The molecule has 6 nitrogen and oxygen atoms in total. The minimum absolute atomic E-state index is 0.141. The Bertz CT molecular complexity index is 975. The van der Waals surface area contributed by atoms with Crippen LogP contribution in [-0.2, 0) is 27.1 Å². The average molecular weight is 439 g/mol. The molecule has 1 amide bonds. The molecule has 0 atom stereocenters. The zero-order valence-electron chi connectivity index (χ0n) is 17.1. The summed E-state index contributed by atoms with van der Waals surface area (Å²) in [6.45, 7) is 6.02. The van der Waals surface area contributed by atoms with Crippen molar-refractivity contribution in [2.45, 2.75) is 39.0 Å². The Morgan fingerprint density at radius 1 is 1.17 bits per heavy atom. The lowest BCUT2D eigenvalue weighted by atomic mass is 10.0. The van der Waals surface area contributed by atoms with E-state index in [1.54, 1.807) is 24.3 Å². The Kier molecular flexibility index (Phi) is 8.07. The van der Waals surface area contributed by atoms with E-state index in [1.165, 1.54) is 7.05 Å². The smallest absolute Gasteiger partial charge is 0.258 e. The van der Waals surface area contributed by atoms with E-state index in [2.05, 4.69) is 10.0 Å². The van der Waals surface area contributed by atoms with E-state index in [0.29, 0.717) is 16.3 Å². The molecule has 0 fully saturated rings. The SMILES string of the molecule is CNS(=O)(=O)Cc1ccccc1CNC(=O)COc1cc(C)c(Cl)cc1C(C)C. The first kappa shape index (κ1) is 23.2. The highest BCUT2D eigenvalue weighted by atomic mass is 35.5. The number of hydrogen-bond donors (Lipinski definition) is 2. The number of rotatable bonds is 9. The van der Waals surface area contributed by atoms with Crippen molar-refractivity contribution in [1.29, 1.82) is 0 Å². The predicted molar refractivity (Wildman–Crippen MR) is 116 cm³/mol. The molecule has 0 heterocycles. The van der Waals surface area contributed by atoms with Gasteiger partial charge in [-0.3, -0.25) is 4.79 Å². The van der Waals surface area contributed by atoms with Gasteiger partial charge in [-0.2, -0.15) is 0 Å². The third-order valence-corrected chi connectivity index (χ3v) is 6.24. The largest absolute Gasteiger partial charge is 0.483 e. The second kappa shape index (κ2) is 10.1. The number of aryl methyl sites for hydroxylation is 1. The van der Waals surface area contributed by atoms with Crippen molar-refractivity contribution < 1.29 is 17.9 Å². The Hall–Kier alpha value is -2.09. The maximum atomic E-state index is 12.3. The van der Waals surface area contributed by atoms with Crippen molar-refractivity contribution in [2.75, 3.05) is 13.7 Å². The standard InChI is InChI=1S/C21H27ClN2O4S/c1-14(2)18-10-19(22)15(3)9-20(18)28-12-21(25)24-11-16-7-5-6-8-17(16)13-29(26,27)23-4/h5-10,14,23H,11-13H2,1-4H3,(H,24,25). The molecule has 0 bridgehead atoms. The van der Waals surface area contributed by atoms with Gasteiger partial charge in [0.15, 0.2) is 6.61 Å². The molecule has 0 saturated heterocycles. The van der Waals surface area contributed by atoms with Gasteiger partial charge in [-0.1, -0.05) is 49.7 Å². The lowest BCUT2D eigenvalue weighted by molar-refractivity contribution is -0.123. The fraction of sp³-hybridized carbons (Fsp3) is 0.381. The maximum Gasteiger partial charge on any atom is 0.258 e. The van der Waals surface area contributed by atoms with Gasteiger partial charge in [-0.05, 0) is 54.3 Å². The Morgan fingerprint density at radius 3 is 2.45 bits per heavy atom. The summed E-state index contributed by atoms with van der Waals surface area (Å²) in [6.07, 6.45) is 0. The Morgan fingerprint density at radius 2 is 1.83 bits per heavy atom. The highest BCUT2D eigenvalue weighted by molar-refractivity contribution is 7.88. The summed E-state index contributed by atoms with van der Waals surface area (Å²) in [5.74, 6) is 0.400. The lowest BCUT2D eigenvalue weighted by Gasteiger charge is -2.16. The molecule has 0 aliphatic rings. The van der Waals surface area contributed by atoms with Crippen molar-refractivity contribution in [1.82, 2.24) is 10.0 Å². The van der Waals surface area contributed by atoms with Crippen LogP contribution in [0.2, 0.25) is 5.02 Å². The van der Waals surface area contributed by atoms with Crippen molar-refractivity contribution in [2.24, 2.45) is 0 Å². The predicted octanol–water partition coefficient (Wildman–Crippen LogP) is 3.52. The molecule has 0 unspecified atom stereocenters. The number of sulfonamides is 1. The molecule has 2 aromatic rings. The minimum Gasteiger partial charge on any atom is -0.483 e. The third-order valence-electron chi connectivity index (χ3n) is 4.52. The number of halogens is 1. The Labute approximate surface area is 177 Å². The molecule has 0 spiro atoms. The van der Waals surface area contributed by atoms with Crippen LogP contribution in [0.1, 0.15) is 42.0 Å². The third kappa shape index (κ3) is 6.73. The van der Waals surface area contributed by atoms with Crippen LogP contribution < -0.4 is 14.8 Å². The first-order chi connectivity index (χ1) is 13.6. The van der Waals surface area contributed by atoms with Gasteiger partial charge >= 0.3 is 0 Å². The molecule has 0 radical (unpaired) electrons. The van der Waals surface area contributed by atoms with Gasteiger partial charge in [0.1, 0.15) is 5.75 Å². The van der Waals surface area contributed by atoms with Crippen LogP contribution in [0.3, 0.4) is 0 Å². The summed E-state index contributed by atoms with van der Waals surface area (Å²) in [5, 5.41) is 3.45. The quantitative estimate of drug-likeness (QED) is 0.627. The van der Waals surface area contributed by atoms with E-state index in [4.69, 9.17) is 16.3 Å². The van der Waals surface area contributed by atoms with Crippen LogP contribution in [0.25, 0.3) is 0 Å². The van der Waals surface area contributed by atoms with Crippen LogP contribution in [0, 0.1) is 6.92 Å². The van der Waals surface area contributed by atoms with Gasteiger partial charge in [-0.25, -0.2) is 13.1 Å². The second-order valence-corrected chi connectivity index (χ2v) is 9.42. The average Bonchev–Trinajstić information content (AvgIpc) is 2.67. The van der Waals surface area contributed by atoms with Gasteiger partial charge in [0.05, 0.1) is 5.75 Å². The first-order valence-corrected chi connectivity index (χ1v) is 11.3. The molecule has 2 aromatic carbocycles. The number of benzene rings is 2. The van der Waals surface area contributed by atoms with E-state index in [0.717, 1.165) is 16.7 Å². The first-order valence-electron chi connectivity index (χ1n) is 9.30. The van der Waals surface area contributed by atoms with Crippen LogP contribution in [0.5, 0.6) is 5.75 Å². The van der Waals surface area contributed by atoms with E-state index >= 15 is 0 Å². The van der Waals surface area contributed by atoms with E-state index in [1.807, 2.05) is 32.9 Å². The van der Waals surface area contributed by atoms with Crippen molar-refractivity contribution in [3.63, 3.8) is 0 Å². The topological polar surface area (TPSA) is 84.5 Å². The molecule has 2 rings (SSSR count). The zero-order chi connectivity index (χ0) is 21.6. The number of carbonyl (C=O) groups is 1. The minimum atomic E-state index is -3.40. The fourth-order valence-electron chi connectivity index (χ4n) is 2.78. The summed E-state index contributed by atoms with van der Waals surface area (Å²) >= 11 is 6.20. The monoisotopic (exact) mass is 438 g/mol. The molecule has 0 aliphatic carbocycles. The summed E-state index contributed by atoms with van der Waals surface area (Å²) in [5.41, 5.74) is 3.20. The summed E-state index contributed by atoms with van der Waals surface area (Å²) in [7, 11) is -2.02. The zero-order valence-corrected chi connectivity index (χ0v) is 18.7. The fourth-order valence-corrected chi connectivity index (χ4v) is 3.79. The van der Waals surface area contributed by atoms with E-state index < -0.39 is 10.0 Å². The summed E-state index contributed by atoms with van der Waals surface area (Å²) in [4.78, 5) is 12.3. The van der Waals surface area contributed by atoms with Crippen LogP contribution in [-0.4, -0.2) is 28.0 Å². The lowest BCUT2D eigenvalue weighted by Crippen LogP contribution is -2.29. The molecular weight excluding hydrogens is 412 g/mol. The molecule has 0 saturated carbocycles. The number of carbonyl (C=O) groups excluding carboxylic acids is 1. The maximum absolute atomic E-state index is 12.3. The number of ether oxygens (including phenoxy) is 1. The molecular formula is C21H27ClN2O4S. The number of amides is 1. The highest BCUT2D eigenvalue weighted by Gasteiger charge is 2.14. The molecule has 0 aromatic heterocycles. The normalized spacial score (nSPS) is 11.5. The molecule has 29 heavy (non-hydrogen) atoms. The van der Waals surface area contributed by atoms with Gasteiger partial charge in [0.2, 0.25) is 10.0 Å². The van der Waals surface area contributed by atoms with Crippen molar-refractivity contribution >= 4 is 27.5 Å². The Balaban J connectivity index is 2.01. The van der Waals surface area contributed by atoms with E-state index in [-0.39, 0.29) is 30.7 Å². The molecule has 0 aliphatic heterocycles. The van der Waals surface area contributed by atoms with E-state index in [9.17, 15) is 13.2 Å². The molecule has 8 heteroatoms. The summed E-state index contributed by atoms with van der Waals surface area (Å²) in [6, 6.07) is 10.8. The van der Waals surface area contributed by atoms with Gasteiger partial charge in [0, 0.05) is 11.6 Å². The van der Waals surface area contributed by atoms with Gasteiger partial charge in [0.25, 0.3) is 5.91 Å².